The molecule has 3 N–H and O–H groups in total. The van der Waals surface area contributed by atoms with Gasteiger partial charge in [-0.15, -0.1) is 10.2 Å². The molecule has 0 spiro atoms. The lowest BCUT2D eigenvalue weighted by atomic mass is 10.1. The maximum absolute atomic E-state index is 11.4. The minimum atomic E-state index is -0.436. The molecule has 2 rings (SSSR count). The molecule has 0 saturated heterocycles. The SMILES string of the molecule is COC(=O)Cc1cc(NC=C(C#N)c2nn[nH]n2)c(O)c(OC)c1. The van der Waals surface area contributed by atoms with Crippen molar-refractivity contribution in [3.05, 3.63) is 29.7 Å². The zero-order chi connectivity index (χ0) is 17.5. The maximum Gasteiger partial charge on any atom is 0.309 e. The fraction of sp³-hybridized carbons (Fsp3) is 0.214. The molecule has 1 aromatic heterocycles. The Hall–Kier alpha value is -3.61. The number of phenolic OH excluding ortho intramolecular Hbond substituents is 1. The van der Waals surface area contributed by atoms with E-state index in [1.165, 1.54) is 32.6 Å². The number of H-pyrrole nitrogens is 1. The highest BCUT2D eigenvalue weighted by Crippen LogP contribution is 2.36. The summed E-state index contributed by atoms with van der Waals surface area (Å²) in [5, 5.41) is 35.1. The van der Waals surface area contributed by atoms with Gasteiger partial charge in [-0.25, -0.2) is 0 Å². The average molecular weight is 330 g/mol. The summed E-state index contributed by atoms with van der Waals surface area (Å²) in [5.74, 6) is -0.339. The smallest absolute Gasteiger partial charge is 0.309 e. The van der Waals surface area contributed by atoms with Crippen molar-refractivity contribution >= 4 is 17.2 Å². The number of anilines is 1. The molecule has 0 bridgehead atoms. The zero-order valence-electron chi connectivity index (χ0n) is 12.9. The minimum absolute atomic E-state index is 0.00147. The first-order valence-corrected chi connectivity index (χ1v) is 6.66. The Morgan fingerprint density at radius 3 is 2.88 bits per heavy atom. The first kappa shape index (κ1) is 16.8. The van der Waals surface area contributed by atoms with Crippen molar-refractivity contribution in [2.45, 2.75) is 6.42 Å². The number of nitrogens with zero attached hydrogens (tertiary/aromatic N) is 4. The van der Waals surface area contributed by atoms with Gasteiger partial charge in [-0.05, 0) is 22.9 Å². The van der Waals surface area contributed by atoms with Crippen LogP contribution in [0.1, 0.15) is 11.4 Å². The summed E-state index contributed by atoms with van der Waals surface area (Å²) >= 11 is 0. The van der Waals surface area contributed by atoms with Gasteiger partial charge in [-0.2, -0.15) is 10.5 Å². The summed E-state index contributed by atoms with van der Waals surface area (Å²) in [5.41, 5.74) is 0.899. The monoisotopic (exact) mass is 330 g/mol. The average Bonchev–Trinajstić information content (AvgIpc) is 3.12. The highest BCUT2D eigenvalue weighted by molar-refractivity contribution is 5.77. The highest BCUT2D eigenvalue weighted by atomic mass is 16.5. The third-order valence-electron chi connectivity index (χ3n) is 3.01. The van der Waals surface area contributed by atoms with Crippen LogP contribution in [-0.2, 0) is 16.0 Å². The van der Waals surface area contributed by atoms with Crippen LogP contribution in [0.2, 0.25) is 0 Å². The molecular formula is C14H14N6O4. The van der Waals surface area contributed by atoms with Crippen molar-refractivity contribution < 1.29 is 19.4 Å². The molecule has 24 heavy (non-hydrogen) atoms. The maximum atomic E-state index is 11.4. The van der Waals surface area contributed by atoms with Crippen molar-refractivity contribution in [2.24, 2.45) is 0 Å². The Balaban J connectivity index is 2.33. The fourth-order valence-electron chi connectivity index (χ4n) is 1.84. The van der Waals surface area contributed by atoms with Crippen LogP contribution in [0.25, 0.3) is 5.57 Å². The number of carbonyl (C=O) groups excluding carboxylic acids is 1. The van der Waals surface area contributed by atoms with E-state index in [9.17, 15) is 9.90 Å². The van der Waals surface area contributed by atoms with Crippen LogP contribution in [0.4, 0.5) is 5.69 Å². The van der Waals surface area contributed by atoms with E-state index in [1.54, 1.807) is 0 Å². The standard InChI is InChI=1S/C14H14N6O4/c1-23-11-4-8(5-12(21)24-2)3-10(13(11)22)16-7-9(6-15)14-17-19-20-18-14/h3-4,7,16,22H,5H2,1-2H3,(H,17,18,19,20). The lowest BCUT2D eigenvalue weighted by Crippen LogP contribution is -2.05. The molecule has 0 unspecified atom stereocenters. The Kier molecular flexibility index (Phi) is 5.30. The molecular weight excluding hydrogens is 316 g/mol. The van der Waals surface area contributed by atoms with E-state index >= 15 is 0 Å². The number of benzene rings is 1. The molecule has 1 heterocycles. The van der Waals surface area contributed by atoms with Gasteiger partial charge in [0.1, 0.15) is 11.6 Å². The highest BCUT2D eigenvalue weighted by Gasteiger charge is 2.13. The number of aromatic amines is 1. The van der Waals surface area contributed by atoms with E-state index in [-0.39, 0.29) is 35.0 Å². The van der Waals surface area contributed by atoms with Crippen LogP contribution in [0.15, 0.2) is 18.3 Å². The van der Waals surface area contributed by atoms with E-state index in [0.29, 0.717) is 5.56 Å². The minimum Gasteiger partial charge on any atom is -0.503 e. The summed E-state index contributed by atoms with van der Waals surface area (Å²) in [6.07, 6.45) is 1.31. The van der Waals surface area contributed by atoms with E-state index in [0.717, 1.165) is 0 Å². The van der Waals surface area contributed by atoms with Crippen molar-refractivity contribution in [1.82, 2.24) is 20.6 Å². The molecule has 0 radical (unpaired) electrons. The van der Waals surface area contributed by atoms with Gasteiger partial charge in [0.25, 0.3) is 0 Å². The number of nitrogens with one attached hydrogen (secondary N) is 2. The number of nitriles is 1. The number of hydrogen-bond acceptors (Lipinski definition) is 9. The number of tetrazole rings is 1. The molecule has 1 aromatic carbocycles. The van der Waals surface area contributed by atoms with Crippen LogP contribution in [0.3, 0.4) is 0 Å². The number of carbonyl (C=O) groups is 1. The number of esters is 1. The van der Waals surface area contributed by atoms with Crippen molar-refractivity contribution in [3.63, 3.8) is 0 Å². The molecule has 0 fully saturated rings. The number of methoxy groups -OCH3 is 2. The van der Waals surface area contributed by atoms with Crippen LogP contribution < -0.4 is 10.1 Å². The lowest BCUT2D eigenvalue weighted by molar-refractivity contribution is -0.139. The molecule has 10 nitrogen and oxygen atoms in total. The molecule has 0 atom stereocenters. The zero-order valence-corrected chi connectivity index (χ0v) is 12.9. The Bertz CT molecular complexity index is 794. The molecule has 2 aromatic rings. The molecule has 124 valence electrons. The fourth-order valence-corrected chi connectivity index (χ4v) is 1.84. The van der Waals surface area contributed by atoms with Gasteiger partial charge in [-0.3, -0.25) is 4.79 Å². The number of ether oxygens (including phenoxy) is 2. The summed E-state index contributed by atoms with van der Waals surface area (Å²) in [7, 11) is 2.67. The second-order valence-electron chi connectivity index (χ2n) is 4.50. The summed E-state index contributed by atoms with van der Waals surface area (Å²) in [6, 6.07) is 4.96. The number of hydrogen-bond donors (Lipinski definition) is 3. The van der Waals surface area contributed by atoms with Crippen LogP contribution in [0.5, 0.6) is 11.5 Å². The largest absolute Gasteiger partial charge is 0.503 e. The number of aromatic nitrogens is 4. The topological polar surface area (TPSA) is 146 Å². The van der Waals surface area contributed by atoms with Gasteiger partial charge >= 0.3 is 5.97 Å². The molecule has 0 saturated carbocycles. The third-order valence-corrected chi connectivity index (χ3v) is 3.01. The number of aromatic hydroxyl groups is 1. The van der Waals surface area contributed by atoms with Gasteiger partial charge < -0.3 is 19.9 Å². The molecule has 0 amide bonds. The van der Waals surface area contributed by atoms with Gasteiger partial charge in [0.05, 0.1) is 26.3 Å². The first-order chi connectivity index (χ1) is 11.6. The Morgan fingerprint density at radius 2 is 2.29 bits per heavy atom. The lowest BCUT2D eigenvalue weighted by Gasteiger charge is -2.12. The quantitative estimate of drug-likeness (QED) is 0.393. The van der Waals surface area contributed by atoms with Crippen molar-refractivity contribution in [3.8, 4) is 17.6 Å². The van der Waals surface area contributed by atoms with E-state index in [2.05, 4.69) is 30.7 Å². The molecule has 10 heteroatoms. The summed E-state index contributed by atoms with van der Waals surface area (Å²) in [6.45, 7) is 0. The normalized spacial score (nSPS) is 10.8. The predicted octanol–water partition coefficient (Wildman–Crippen LogP) is 0.606. The predicted molar refractivity (Wildman–Crippen MR) is 81.8 cm³/mol. The van der Waals surface area contributed by atoms with Gasteiger partial charge in [0.15, 0.2) is 11.5 Å². The molecule has 0 aliphatic heterocycles. The number of phenols is 1. The summed E-state index contributed by atoms with van der Waals surface area (Å²) < 4.78 is 9.70. The van der Waals surface area contributed by atoms with Gasteiger partial charge in [0.2, 0.25) is 5.82 Å². The Morgan fingerprint density at radius 1 is 1.50 bits per heavy atom. The summed E-state index contributed by atoms with van der Waals surface area (Å²) in [4.78, 5) is 11.4. The number of allylic oxidation sites excluding steroid dienone is 1. The molecule has 0 aliphatic carbocycles. The van der Waals surface area contributed by atoms with Crippen LogP contribution >= 0.6 is 0 Å². The second-order valence-corrected chi connectivity index (χ2v) is 4.50. The van der Waals surface area contributed by atoms with E-state index in [1.807, 2.05) is 6.07 Å². The van der Waals surface area contributed by atoms with Crippen molar-refractivity contribution in [2.75, 3.05) is 19.5 Å². The van der Waals surface area contributed by atoms with Crippen LogP contribution in [-0.4, -0.2) is 45.9 Å². The molecule has 0 aliphatic rings. The van der Waals surface area contributed by atoms with E-state index < -0.39 is 5.97 Å². The second kappa shape index (κ2) is 7.59. The van der Waals surface area contributed by atoms with Gasteiger partial charge in [-0.1, -0.05) is 0 Å². The Labute approximate surface area is 136 Å². The number of rotatable bonds is 6. The van der Waals surface area contributed by atoms with E-state index in [4.69, 9.17) is 10.00 Å². The van der Waals surface area contributed by atoms with Crippen molar-refractivity contribution in [1.29, 1.82) is 5.26 Å². The van der Waals surface area contributed by atoms with Gasteiger partial charge in [0, 0.05) is 6.20 Å². The first-order valence-electron chi connectivity index (χ1n) is 6.66. The van der Waals surface area contributed by atoms with Crippen LogP contribution in [0, 0.1) is 11.3 Å². The third kappa shape index (κ3) is 3.77.